The number of amides is 3. The van der Waals surface area contributed by atoms with Crippen LogP contribution in [0.25, 0.3) is 0 Å². The van der Waals surface area contributed by atoms with E-state index in [1.807, 2.05) is 0 Å². The van der Waals surface area contributed by atoms with Gasteiger partial charge in [0, 0.05) is 12.8 Å². The topological polar surface area (TPSA) is 101 Å². The zero-order valence-corrected chi connectivity index (χ0v) is 11.3. The van der Waals surface area contributed by atoms with Crippen molar-refractivity contribution in [3.8, 4) is 0 Å². The van der Waals surface area contributed by atoms with Gasteiger partial charge in [0.1, 0.15) is 17.9 Å². The lowest BCUT2D eigenvalue weighted by atomic mass is 10.0. The number of benzene rings is 1. The summed E-state index contributed by atoms with van der Waals surface area (Å²) in [6.45, 7) is 0. The number of hydrogen-bond donors (Lipinski definition) is 3. The first kappa shape index (κ1) is 15.0. The van der Waals surface area contributed by atoms with E-state index in [0.717, 1.165) is 0 Å². The Morgan fingerprint density at radius 3 is 2.57 bits per heavy atom. The Hall–Kier alpha value is -2.44. The lowest BCUT2D eigenvalue weighted by Gasteiger charge is -2.18. The Kier molecular flexibility index (Phi) is 4.52. The van der Waals surface area contributed by atoms with Crippen LogP contribution >= 0.6 is 0 Å². The number of hydrogen-bond acceptors (Lipinski definition) is 3. The van der Waals surface area contributed by atoms with Gasteiger partial charge < -0.3 is 16.4 Å². The van der Waals surface area contributed by atoms with Gasteiger partial charge >= 0.3 is 0 Å². The van der Waals surface area contributed by atoms with Crippen LogP contribution in [0.3, 0.4) is 0 Å². The van der Waals surface area contributed by atoms with Gasteiger partial charge in [-0.3, -0.25) is 14.4 Å². The van der Waals surface area contributed by atoms with Gasteiger partial charge in [-0.1, -0.05) is 12.1 Å². The van der Waals surface area contributed by atoms with Crippen LogP contribution in [0, 0.1) is 5.82 Å². The standard InChI is InChI=1S/C14H16FN3O3/c15-9-3-1-8(2-4-9)7-11(13(16)20)18-14(21)10-5-6-12(19)17-10/h1-4,10-11H,5-7H2,(H2,16,20)(H,17,19)(H,18,21)/t10-,11+/m1/s1. The van der Waals surface area contributed by atoms with Crippen LogP contribution < -0.4 is 16.4 Å². The molecule has 1 aromatic rings. The average molecular weight is 293 g/mol. The van der Waals surface area contributed by atoms with Gasteiger partial charge in [0.2, 0.25) is 17.7 Å². The molecule has 1 fully saturated rings. The second-order valence-corrected chi connectivity index (χ2v) is 4.95. The Balaban J connectivity index is 1.99. The van der Waals surface area contributed by atoms with Crippen molar-refractivity contribution in [2.24, 2.45) is 5.73 Å². The van der Waals surface area contributed by atoms with Crippen LogP contribution in [0.1, 0.15) is 18.4 Å². The summed E-state index contributed by atoms with van der Waals surface area (Å²) in [6, 6.07) is 4.05. The first-order valence-corrected chi connectivity index (χ1v) is 6.59. The number of nitrogens with one attached hydrogen (secondary N) is 2. The number of rotatable bonds is 5. The third-order valence-corrected chi connectivity index (χ3v) is 3.32. The summed E-state index contributed by atoms with van der Waals surface area (Å²) in [7, 11) is 0. The molecule has 1 saturated heterocycles. The Morgan fingerprint density at radius 2 is 2.05 bits per heavy atom. The van der Waals surface area contributed by atoms with Crippen LogP contribution in [-0.2, 0) is 20.8 Å². The van der Waals surface area contributed by atoms with Crippen LogP contribution in [0.15, 0.2) is 24.3 Å². The largest absolute Gasteiger partial charge is 0.368 e. The SMILES string of the molecule is NC(=O)[C@H](Cc1ccc(F)cc1)NC(=O)[C@H]1CCC(=O)N1. The second-order valence-electron chi connectivity index (χ2n) is 4.95. The number of carbonyl (C=O) groups is 3. The van der Waals surface area contributed by atoms with Crippen molar-refractivity contribution < 1.29 is 18.8 Å². The third-order valence-electron chi connectivity index (χ3n) is 3.32. The third kappa shape index (κ3) is 4.01. The quantitative estimate of drug-likeness (QED) is 0.689. The van der Waals surface area contributed by atoms with Crippen molar-refractivity contribution in [2.45, 2.75) is 31.3 Å². The summed E-state index contributed by atoms with van der Waals surface area (Å²) in [4.78, 5) is 34.5. The van der Waals surface area contributed by atoms with Gasteiger partial charge in [-0.25, -0.2) is 4.39 Å². The van der Waals surface area contributed by atoms with E-state index >= 15 is 0 Å². The maximum Gasteiger partial charge on any atom is 0.243 e. The molecule has 0 aliphatic carbocycles. The van der Waals surface area contributed by atoms with Gasteiger partial charge in [-0.2, -0.15) is 0 Å². The predicted molar refractivity (Wildman–Crippen MR) is 72.4 cm³/mol. The Labute approximate surface area is 120 Å². The van der Waals surface area contributed by atoms with E-state index in [2.05, 4.69) is 10.6 Å². The van der Waals surface area contributed by atoms with Crippen LogP contribution in [0.4, 0.5) is 4.39 Å². The molecule has 0 radical (unpaired) electrons. The van der Waals surface area contributed by atoms with E-state index in [4.69, 9.17) is 5.73 Å². The number of nitrogens with two attached hydrogens (primary N) is 1. The fraction of sp³-hybridized carbons (Fsp3) is 0.357. The minimum absolute atomic E-state index is 0.169. The van der Waals surface area contributed by atoms with Gasteiger partial charge in [0.15, 0.2) is 0 Å². The zero-order chi connectivity index (χ0) is 15.4. The molecule has 0 bridgehead atoms. The average Bonchev–Trinajstić information content (AvgIpc) is 2.87. The highest BCUT2D eigenvalue weighted by Gasteiger charge is 2.29. The van der Waals surface area contributed by atoms with E-state index < -0.39 is 23.9 Å². The van der Waals surface area contributed by atoms with Gasteiger partial charge in [-0.15, -0.1) is 0 Å². The minimum atomic E-state index is -0.902. The molecular weight excluding hydrogens is 277 g/mol. The first-order chi connectivity index (χ1) is 9.95. The maximum atomic E-state index is 12.8. The summed E-state index contributed by atoms with van der Waals surface area (Å²) in [6.07, 6.45) is 0.853. The van der Waals surface area contributed by atoms with Crippen LogP contribution in [0.5, 0.6) is 0 Å². The van der Waals surface area contributed by atoms with Crippen molar-refractivity contribution in [1.82, 2.24) is 10.6 Å². The number of primary amides is 1. The molecule has 1 aliphatic rings. The molecule has 1 aromatic carbocycles. The summed E-state index contributed by atoms with van der Waals surface area (Å²) in [5.74, 6) is -1.69. The Morgan fingerprint density at radius 1 is 1.38 bits per heavy atom. The molecule has 1 heterocycles. The van der Waals surface area contributed by atoms with E-state index in [1.54, 1.807) is 0 Å². The molecule has 21 heavy (non-hydrogen) atoms. The first-order valence-electron chi connectivity index (χ1n) is 6.59. The molecule has 1 aliphatic heterocycles. The molecule has 6 nitrogen and oxygen atoms in total. The molecule has 0 aromatic heterocycles. The van der Waals surface area contributed by atoms with Gasteiger partial charge in [0.25, 0.3) is 0 Å². The molecule has 2 rings (SSSR count). The highest BCUT2D eigenvalue weighted by atomic mass is 19.1. The minimum Gasteiger partial charge on any atom is -0.368 e. The van der Waals surface area contributed by atoms with Gasteiger partial charge in [-0.05, 0) is 24.1 Å². The molecule has 4 N–H and O–H groups in total. The number of halogens is 1. The maximum absolute atomic E-state index is 12.8. The van der Waals surface area contributed by atoms with Gasteiger partial charge in [0.05, 0.1) is 0 Å². The molecule has 3 amide bonds. The molecule has 7 heteroatoms. The smallest absolute Gasteiger partial charge is 0.243 e. The van der Waals surface area contributed by atoms with Crippen molar-refractivity contribution in [3.63, 3.8) is 0 Å². The van der Waals surface area contributed by atoms with Crippen molar-refractivity contribution in [3.05, 3.63) is 35.6 Å². The summed E-state index contributed by atoms with van der Waals surface area (Å²) >= 11 is 0. The van der Waals surface area contributed by atoms with E-state index in [9.17, 15) is 18.8 Å². The molecule has 0 unspecified atom stereocenters. The summed E-state index contributed by atoms with van der Waals surface area (Å²) in [5.41, 5.74) is 5.95. The fourth-order valence-corrected chi connectivity index (χ4v) is 2.16. The summed E-state index contributed by atoms with van der Waals surface area (Å²) < 4.78 is 12.8. The van der Waals surface area contributed by atoms with E-state index in [-0.39, 0.29) is 24.6 Å². The lowest BCUT2D eigenvalue weighted by molar-refractivity contribution is -0.129. The normalized spacial score (nSPS) is 18.9. The molecule has 0 spiro atoms. The zero-order valence-electron chi connectivity index (χ0n) is 11.3. The molecular formula is C14H16FN3O3. The van der Waals surface area contributed by atoms with E-state index in [0.29, 0.717) is 12.0 Å². The van der Waals surface area contributed by atoms with Crippen LogP contribution in [0.2, 0.25) is 0 Å². The monoisotopic (exact) mass is 293 g/mol. The second kappa shape index (κ2) is 6.34. The Bertz CT molecular complexity index is 559. The summed E-state index contributed by atoms with van der Waals surface area (Å²) in [5, 5.41) is 5.04. The number of carbonyl (C=O) groups excluding carboxylic acids is 3. The molecule has 0 saturated carbocycles. The van der Waals surface area contributed by atoms with Crippen molar-refractivity contribution in [2.75, 3.05) is 0 Å². The van der Waals surface area contributed by atoms with E-state index in [1.165, 1.54) is 24.3 Å². The molecule has 112 valence electrons. The van der Waals surface area contributed by atoms with Crippen molar-refractivity contribution >= 4 is 17.7 Å². The highest BCUT2D eigenvalue weighted by molar-refractivity contribution is 5.93. The molecule has 2 atom stereocenters. The predicted octanol–water partition coefficient (Wildman–Crippen LogP) is -0.383. The van der Waals surface area contributed by atoms with Crippen LogP contribution in [-0.4, -0.2) is 29.8 Å². The van der Waals surface area contributed by atoms with Crippen molar-refractivity contribution in [1.29, 1.82) is 0 Å². The highest BCUT2D eigenvalue weighted by Crippen LogP contribution is 2.09. The lowest BCUT2D eigenvalue weighted by Crippen LogP contribution is -2.51. The fourth-order valence-electron chi connectivity index (χ4n) is 2.16.